The van der Waals surface area contributed by atoms with Crippen molar-refractivity contribution >= 4 is 28.5 Å². The molecule has 0 unspecified atom stereocenters. The van der Waals surface area contributed by atoms with Crippen LogP contribution in [0.1, 0.15) is 22.3 Å². The van der Waals surface area contributed by atoms with Crippen molar-refractivity contribution in [2.24, 2.45) is 0 Å². The Kier molecular flexibility index (Phi) is 5.29. The fraction of sp³-hybridized carbons (Fsp3) is 0.150. The van der Waals surface area contributed by atoms with Crippen molar-refractivity contribution < 1.29 is 17.6 Å². The number of aromatic amines is 1. The maximum atomic E-state index is 14.5. The molecule has 0 fully saturated rings. The molecule has 4 aromatic heterocycles. The molecule has 4 rings (SSSR count). The van der Waals surface area contributed by atoms with Gasteiger partial charge in [0.15, 0.2) is 0 Å². The van der Waals surface area contributed by atoms with Crippen LogP contribution in [-0.4, -0.2) is 19.9 Å². The van der Waals surface area contributed by atoms with Crippen LogP contribution in [0, 0.1) is 5.95 Å². The monoisotopic (exact) mass is 435 g/mol. The SMILES string of the molecule is Fc1nc(NCc2cnccc2C(F)(F)F)ccc1Cc1c[nH]c2ncc(Cl)cc12. The number of pyridine rings is 3. The Morgan fingerprint density at radius 1 is 1.07 bits per heavy atom. The van der Waals surface area contributed by atoms with Crippen molar-refractivity contribution in [3.05, 3.63) is 82.3 Å². The molecule has 4 aromatic rings. The van der Waals surface area contributed by atoms with Gasteiger partial charge in [-0.15, -0.1) is 0 Å². The first-order chi connectivity index (χ1) is 14.3. The molecule has 0 saturated heterocycles. The van der Waals surface area contributed by atoms with Crippen molar-refractivity contribution in [1.29, 1.82) is 0 Å². The van der Waals surface area contributed by atoms with E-state index in [1.807, 2.05) is 0 Å². The van der Waals surface area contributed by atoms with Crippen molar-refractivity contribution in [1.82, 2.24) is 19.9 Å². The predicted octanol–water partition coefficient (Wildman–Crippen LogP) is 5.37. The van der Waals surface area contributed by atoms with Crippen molar-refractivity contribution in [2.75, 3.05) is 5.32 Å². The number of halogens is 5. The molecule has 0 atom stereocenters. The van der Waals surface area contributed by atoms with E-state index in [4.69, 9.17) is 11.6 Å². The Hall–Kier alpha value is -3.20. The highest BCUT2D eigenvalue weighted by atomic mass is 35.5. The number of aromatic nitrogens is 4. The van der Waals surface area contributed by atoms with Gasteiger partial charge in [0.1, 0.15) is 11.5 Å². The van der Waals surface area contributed by atoms with Crippen LogP contribution in [0.4, 0.5) is 23.4 Å². The third kappa shape index (κ3) is 4.20. The lowest BCUT2D eigenvalue weighted by Crippen LogP contribution is -2.13. The zero-order valence-corrected chi connectivity index (χ0v) is 16.0. The van der Waals surface area contributed by atoms with Crippen LogP contribution in [0.3, 0.4) is 0 Å². The van der Waals surface area contributed by atoms with E-state index < -0.39 is 17.7 Å². The molecule has 2 N–H and O–H groups in total. The number of rotatable bonds is 5. The van der Waals surface area contributed by atoms with Crippen LogP contribution < -0.4 is 5.32 Å². The van der Waals surface area contributed by atoms with Crippen LogP contribution >= 0.6 is 11.6 Å². The number of nitrogens with one attached hydrogen (secondary N) is 2. The summed E-state index contributed by atoms with van der Waals surface area (Å²) in [4.78, 5) is 14.7. The molecule has 154 valence electrons. The Labute approximate surface area is 173 Å². The van der Waals surface area contributed by atoms with Gasteiger partial charge in [-0.3, -0.25) is 4.98 Å². The third-order valence-corrected chi connectivity index (χ3v) is 4.77. The molecule has 0 bridgehead atoms. The molecule has 0 aliphatic heterocycles. The molecule has 0 aliphatic rings. The van der Waals surface area contributed by atoms with Crippen molar-refractivity contribution in [3.63, 3.8) is 0 Å². The minimum absolute atomic E-state index is 0.0561. The maximum absolute atomic E-state index is 14.5. The van der Waals surface area contributed by atoms with Crippen molar-refractivity contribution in [3.8, 4) is 0 Å². The normalized spacial score (nSPS) is 11.8. The van der Waals surface area contributed by atoms with E-state index in [0.717, 1.165) is 29.4 Å². The van der Waals surface area contributed by atoms with Gasteiger partial charge < -0.3 is 10.3 Å². The Balaban J connectivity index is 1.51. The molecular formula is C20H14ClF4N5. The van der Waals surface area contributed by atoms with E-state index in [0.29, 0.717) is 16.2 Å². The van der Waals surface area contributed by atoms with E-state index in [9.17, 15) is 17.6 Å². The van der Waals surface area contributed by atoms with Crippen LogP contribution in [0.2, 0.25) is 5.02 Å². The van der Waals surface area contributed by atoms with E-state index in [1.165, 1.54) is 18.3 Å². The summed E-state index contributed by atoms with van der Waals surface area (Å²) < 4.78 is 53.7. The highest BCUT2D eigenvalue weighted by Crippen LogP contribution is 2.31. The summed E-state index contributed by atoms with van der Waals surface area (Å²) in [6.07, 6.45) is 1.19. The molecule has 0 saturated carbocycles. The molecular weight excluding hydrogens is 422 g/mol. The van der Waals surface area contributed by atoms with E-state index in [1.54, 1.807) is 12.3 Å². The fourth-order valence-electron chi connectivity index (χ4n) is 3.11. The Morgan fingerprint density at radius 2 is 1.90 bits per heavy atom. The second-order valence-electron chi connectivity index (χ2n) is 6.57. The first kappa shape index (κ1) is 20.1. The first-order valence-corrected chi connectivity index (χ1v) is 9.20. The highest BCUT2D eigenvalue weighted by Gasteiger charge is 2.33. The number of nitrogens with zero attached hydrogens (tertiary/aromatic N) is 3. The van der Waals surface area contributed by atoms with Gasteiger partial charge in [0.2, 0.25) is 5.95 Å². The Bertz CT molecular complexity index is 1210. The minimum atomic E-state index is -4.50. The molecule has 5 nitrogen and oxygen atoms in total. The summed E-state index contributed by atoms with van der Waals surface area (Å²) in [5, 5.41) is 3.96. The average molecular weight is 436 g/mol. The summed E-state index contributed by atoms with van der Waals surface area (Å²) in [5.74, 6) is -0.594. The molecule has 0 aromatic carbocycles. The van der Waals surface area contributed by atoms with Gasteiger partial charge in [-0.25, -0.2) is 9.97 Å². The van der Waals surface area contributed by atoms with Gasteiger partial charge in [-0.1, -0.05) is 17.7 Å². The molecule has 0 amide bonds. The number of H-pyrrole nitrogens is 1. The third-order valence-electron chi connectivity index (χ3n) is 4.56. The van der Waals surface area contributed by atoms with Crippen LogP contribution in [0.5, 0.6) is 0 Å². The van der Waals surface area contributed by atoms with Crippen LogP contribution in [-0.2, 0) is 19.1 Å². The van der Waals surface area contributed by atoms with Crippen LogP contribution in [0.15, 0.2) is 49.1 Å². The highest BCUT2D eigenvalue weighted by molar-refractivity contribution is 6.31. The smallest absolute Gasteiger partial charge is 0.366 e. The zero-order valence-electron chi connectivity index (χ0n) is 15.3. The van der Waals surface area contributed by atoms with Gasteiger partial charge >= 0.3 is 6.18 Å². The van der Waals surface area contributed by atoms with E-state index in [-0.39, 0.29) is 24.3 Å². The number of alkyl halides is 3. The van der Waals surface area contributed by atoms with Gasteiger partial charge in [0.25, 0.3) is 0 Å². The second-order valence-corrected chi connectivity index (χ2v) is 7.01. The lowest BCUT2D eigenvalue weighted by Gasteiger charge is -2.13. The average Bonchev–Trinajstić information content (AvgIpc) is 3.09. The number of hydrogen-bond acceptors (Lipinski definition) is 4. The predicted molar refractivity (Wildman–Crippen MR) is 105 cm³/mol. The van der Waals surface area contributed by atoms with E-state index >= 15 is 0 Å². The quantitative estimate of drug-likeness (QED) is 0.327. The zero-order chi connectivity index (χ0) is 21.3. The van der Waals surface area contributed by atoms with E-state index in [2.05, 4.69) is 25.3 Å². The lowest BCUT2D eigenvalue weighted by atomic mass is 10.1. The molecule has 30 heavy (non-hydrogen) atoms. The number of anilines is 1. The summed E-state index contributed by atoms with van der Waals surface area (Å²) >= 11 is 5.98. The summed E-state index contributed by atoms with van der Waals surface area (Å²) in [5.41, 5.74) is 0.913. The summed E-state index contributed by atoms with van der Waals surface area (Å²) in [7, 11) is 0. The standard InChI is InChI=1S/C20H14ClF4N5/c21-14-6-15-12(8-28-19(15)29-10-14)5-11-1-2-17(30-18(11)22)27-9-13-7-26-4-3-16(13)20(23,24)25/h1-4,6-8,10H,5,9H2,(H,27,30)(H,28,29). The molecule has 4 heterocycles. The fourth-order valence-corrected chi connectivity index (χ4v) is 3.27. The van der Waals surface area contributed by atoms with Gasteiger partial charge in [0, 0.05) is 54.3 Å². The summed E-state index contributed by atoms with van der Waals surface area (Å²) in [6, 6.07) is 5.69. The largest absolute Gasteiger partial charge is 0.416 e. The second kappa shape index (κ2) is 7.91. The van der Waals surface area contributed by atoms with Gasteiger partial charge in [-0.05, 0) is 23.8 Å². The number of hydrogen-bond donors (Lipinski definition) is 2. The molecule has 0 spiro atoms. The number of fused-ring (bicyclic) bond motifs is 1. The first-order valence-electron chi connectivity index (χ1n) is 8.82. The molecule has 0 aliphatic carbocycles. The minimum Gasteiger partial charge on any atom is -0.366 e. The topological polar surface area (TPSA) is 66.5 Å². The Morgan fingerprint density at radius 3 is 2.67 bits per heavy atom. The van der Waals surface area contributed by atoms with Crippen molar-refractivity contribution in [2.45, 2.75) is 19.1 Å². The van der Waals surface area contributed by atoms with Gasteiger partial charge in [-0.2, -0.15) is 17.6 Å². The lowest BCUT2D eigenvalue weighted by molar-refractivity contribution is -0.138. The van der Waals surface area contributed by atoms with Crippen LogP contribution in [0.25, 0.3) is 11.0 Å². The molecule has 0 radical (unpaired) electrons. The summed E-state index contributed by atoms with van der Waals surface area (Å²) in [6.45, 7) is -0.193. The maximum Gasteiger partial charge on any atom is 0.416 e. The van der Waals surface area contributed by atoms with Gasteiger partial charge in [0.05, 0.1) is 10.6 Å². The molecule has 10 heteroatoms.